The molecule has 1 aromatic heterocycles. The molecule has 1 heterocycles. The van der Waals surface area contributed by atoms with Crippen LogP contribution >= 0.6 is 0 Å². The number of hydrogen-bond donors (Lipinski definition) is 2. The van der Waals surface area contributed by atoms with Gasteiger partial charge in [-0.2, -0.15) is 0 Å². The van der Waals surface area contributed by atoms with Gasteiger partial charge >= 0.3 is 5.97 Å². The Bertz CT molecular complexity index is 375. The average Bonchev–Trinajstić information content (AvgIpc) is 2.81. The van der Waals surface area contributed by atoms with Crippen LogP contribution in [0.1, 0.15) is 25.6 Å². The molecule has 17 heavy (non-hydrogen) atoms. The highest BCUT2D eigenvalue weighted by Crippen LogP contribution is 2.11. The Morgan fingerprint density at radius 1 is 1.59 bits per heavy atom. The number of nitrogens with two attached hydrogens (primary N) is 1. The van der Waals surface area contributed by atoms with E-state index >= 15 is 0 Å². The molecule has 6 nitrogen and oxygen atoms in total. The molecule has 6 heteroatoms. The monoisotopic (exact) mass is 240 g/mol. The summed E-state index contributed by atoms with van der Waals surface area (Å²) in [6.07, 6.45) is 1.50. The summed E-state index contributed by atoms with van der Waals surface area (Å²) in [7, 11) is 0. The van der Waals surface area contributed by atoms with E-state index in [1.54, 1.807) is 26.0 Å². The average molecular weight is 240 g/mol. The Hall–Kier alpha value is -1.82. The molecule has 0 aliphatic carbocycles. The third-order valence-electron chi connectivity index (χ3n) is 2.15. The molecule has 0 aliphatic rings. The minimum atomic E-state index is -1.31. The summed E-state index contributed by atoms with van der Waals surface area (Å²) < 4.78 is 9.76. The van der Waals surface area contributed by atoms with Crippen molar-refractivity contribution in [3.8, 4) is 0 Å². The van der Waals surface area contributed by atoms with Gasteiger partial charge in [0.05, 0.1) is 18.9 Å². The second-order valence-corrected chi connectivity index (χ2v) is 3.48. The summed E-state index contributed by atoms with van der Waals surface area (Å²) in [6.45, 7) is 3.57. The van der Waals surface area contributed by atoms with E-state index in [-0.39, 0.29) is 12.6 Å². The fourth-order valence-corrected chi connectivity index (χ4v) is 1.25. The van der Waals surface area contributed by atoms with Crippen LogP contribution in [0.5, 0.6) is 0 Å². The number of nitrogens with one attached hydrogen (secondary N) is 1. The maximum atomic E-state index is 11.6. The lowest BCUT2D eigenvalue weighted by molar-refractivity contribution is -0.148. The number of furan rings is 1. The number of esters is 1. The molecule has 1 aromatic rings. The summed E-state index contributed by atoms with van der Waals surface area (Å²) in [4.78, 5) is 22.8. The molecular weight excluding hydrogens is 224 g/mol. The van der Waals surface area contributed by atoms with Crippen LogP contribution < -0.4 is 11.1 Å². The maximum Gasteiger partial charge on any atom is 0.332 e. The largest absolute Gasteiger partial charge is 0.467 e. The van der Waals surface area contributed by atoms with Gasteiger partial charge in [0.25, 0.3) is 0 Å². The van der Waals surface area contributed by atoms with Crippen molar-refractivity contribution in [2.75, 3.05) is 6.61 Å². The van der Waals surface area contributed by atoms with Crippen LogP contribution in [0.2, 0.25) is 0 Å². The molecule has 1 rings (SSSR count). The van der Waals surface area contributed by atoms with Gasteiger partial charge in [0.2, 0.25) is 5.91 Å². The van der Waals surface area contributed by atoms with E-state index in [0.29, 0.717) is 5.76 Å². The fourth-order valence-electron chi connectivity index (χ4n) is 1.25. The molecule has 2 unspecified atom stereocenters. The van der Waals surface area contributed by atoms with Crippen LogP contribution in [-0.2, 0) is 14.3 Å². The number of hydrogen-bond acceptors (Lipinski definition) is 5. The van der Waals surface area contributed by atoms with Crippen molar-refractivity contribution in [1.29, 1.82) is 0 Å². The number of carbonyl (C=O) groups is 2. The Kier molecular flexibility index (Phi) is 4.71. The molecule has 0 aliphatic heterocycles. The zero-order valence-electron chi connectivity index (χ0n) is 9.80. The molecule has 0 bridgehead atoms. The molecule has 0 saturated heterocycles. The lowest BCUT2D eigenvalue weighted by Crippen LogP contribution is -2.47. The number of ether oxygens (including phenoxy) is 1. The normalized spacial score (nSPS) is 13.8. The molecule has 0 saturated carbocycles. The highest BCUT2D eigenvalue weighted by molar-refractivity contribution is 6.01. The zero-order chi connectivity index (χ0) is 12.8. The first-order valence-corrected chi connectivity index (χ1v) is 5.32. The highest BCUT2D eigenvalue weighted by atomic mass is 16.5. The molecule has 0 aromatic carbocycles. The highest BCUT2D eigenvalue weighted by Gasteiger charge is 2.25. The molecule has 3 N–H and O–H groups in total. The first-order valence-electron chi connectivity index (χ1n) is 5.32. The Morgan fingerprint density at radius 2 is 2.29 bits per heavy atom. The van der Waals surface area contributed by atoms with E-state index in [2.05, 4.69) is 10.1 Å². The lowest BCUT2D eigenvalue weighted by atomic mass is 10.2. The molecule has 94 valence electrons. The Labute approximate surface area is 99.1 Å². The second-order valence-electron chi connectivity index (χ2n) is 3.48. The van der Waals surface area contributed by atoms with Gasteiger partial charge < -0.3 is 20.2 Å². The third-order valence-corrected chi connectivity index (χ3v) is 2.15. The molecule has 1 amide bonds. The standard InChI is InChI=1S/C11H16N2O4/c1-3-16-11(15)9(12)10(14)13-7(2)8-5-4-6-17-8/h4-7,9H,3,12H2,1-2H3,(H,13,14). The van der Waals surface area contributed by atoms with Crippen LogP contribution in [0.4, 0.5) is 0 Å². The van der Waals surface area contributed by atoms with Crippen molar-refractivity contribution < 1.29 is 18.7 Å². The minimum absolute atomic E-state index is 0.188. The smallest absolute Gasteiger partial charge is 0.332 e. The van der Waals surface area contributed by atoms with Gasteiger partial charge in [-0.25, -0.2) is 4.79 Å². The van der Waals surface area contributed by atoms with Crippen molar-refractivity contribution in [3.05, 3.63) is 24.2 Å². The van der Waals surface area contributed by atoms with Crippen molar-refractivity contribution in [2.45, 2.75) is 25.9 Å². The summed E-state index contributed by atoms with van der Waals surface area (Å²) in [6, 6.07) is 1.77. The Balaban J connectivity index is 2.51. The van der Waals surface area contributed by atoms with E-state index in [9.17, 15) is 9.59 Å². The van der Waals surface area contributed by atoms with E-state index in [4.69, 9.17) is 10.2 Å². The third kappa shape index (κ3) is 3.60. The maximum absolute atomic E-state index is 11.6. The topological polar surface area (TPSA) is 94.6 Å². The predicted molar refractivity (Wildman–Crippen MR) is 59.9 cm³/mol. The van der Waals surface area contributed by atoms with Gasteiger partial charge in [-0.15, -0.1) is 0 Å². The molecule has 0 fully saturated rings. The van der Waals surface area contributed by atoms with Gasteiger partial charge in [-0.05, 0) is 26.0 Å². The number of amides is 1. The van der Waals surface area contributed by atoms with E-state index < -0.39 is 17.9 Å². The van der Waals surface area contributed by atoms with Crippen LogP contribution in [0.3, 0.4) is 0 Å². The van der Waals surface area contributed by atoms with E-state index in [0.717, 1.165) is 0 Å². The summed E-state index contributed by atoms with van der Waals surface area (Å²) in [5.41, 5.74) is 5.43. The lowest BCUT2D eigenvalue weighted by Gasteiger charge is -2.14. The van der Waals surface area contributed by atoms with Gasteiger partial charge in [0.1, 0.15) is 5.76 Å². The number of carbonyl (C=O) groups excluding carboxylic acids is 2. The van der Waals surface area contributed by atoms with Crippen molar-refractivity contribution in [3.63, 3.8) is 0 Å². The van der Waals surface area contributed by atoms with Crippen molar-refractivity contribution >= 4 is 11.9 Å². The molecule has 2 atom stereocenters. The Morgan fingerprint density at radius 3 is 2.82 bits per heavy atom. The molecule has 0 radical (unpaired) electrons. The van der Waals surface area contributed by atoms with E-state index in [1.807, 2.05) is 0 Å². The quantitative estimate of drug-likeness (QED) is 0.572. The molecular formula is C11H16N2O4. The first kappa shape index (κ1) is 13.2. The van der Waals surface area contributed by atoms with Crippen LogP contribution in [0.25, 0.3) is 0 Å². The van der Waals surface area contributed by atoms with Gasteiger partial charge in [-0.1, -0.05) is 0 Å². The summed E-state index contributed by atoms with van der Waals surface area (Å²) in [5.74, 6) is -0.738. The van der Waals surface area contributed by atoms with Gasteiger partial charge in [0.15, 0.2) is 6.04 Å². The minimum Gasteiger partial charge on any atom is -0.467 e. The van der Waals surface area contributed by atoms with Gasteiger partial charge in [-0.3, -0.25) is 4.79 Å². The zero-order valence-corrected chi connectivity index (χ0v) is 9.80. The molecule has 0 spiro atoms. The fraction of sp³-hybridized carbons (Fsp3) is 0.455. The van der Waals surface area contributed by atoms with Gasteiger partial charge in [0, 0.05) is 0 Å². The van der Waals surface area contributed by atoms with Crippen LogP contribution in [0, 0.1) is 0 Å². The van der Waals surface area contributed by atoms with Crippen LogP contribution in [-0.4, -0.2) is 24.5 Å². The second kappa shape index (κ2) is 6.05. The summed E-state index contributed by atoms with van der Waals surface area (Å²) >= 11 is 0. The first-order chi connectivity index (χ1) is 8.06. The number of rotatable bonds is 5. The van der Waals surface area contributed by atoms with Crippen molar-refractivity contribution in [2.24, 2.45) is 5.73 Å². The van der Waals surface area contributed by atoms with Crippen LogP contribution in [0.15, 0.2) is 22.8 Å². The summed E-state index contributed by atoms with van der Waals surface area (Å²) in [5, 5.41) is 2.56. The SMILES string of the molecule is CCOC(=O)C(N)C(=O)NC(C)c1ccco1. The predicted octanol–water partition coefficient (Wildman–Crippen LogP) is 0.347. The van der Waals surface area contributed by atoms with E-state index in [1.165, 1.54) is 6.26 Å². The van der Waals surface area contributed by atoms with Crippen molar-refractivity contribution in [1.82, 2.24) is 5.32 Å².